The van der Waals surface area contributed by atoms with Crippen LogP contribution in [0, 0.1) is 13.8 Å². The summed E-state index contributed by atoms with van der Waals surface area (Å²) in [5, 5.41) is 3.29. The van der Waals surface area contributed by atoms with Crippen molar-refractivity contribution in [1.82, 2.24) is 5.32 Å². The third kappa shape index (κ3) is 7.70. The second-order valence-corrected chi connectivity index (χ2v) is 7.77. The highest BCUT2D eigenvalue weighted by Crippen LogP contribution is 2.37. The van der Waals surface area contributed by atoms with Gasteiger partial charge in [0.25, 0.3) is 0 Å². The second kappa shape index (κ2) is 11.7. The normalized spacial score (nSPS) is 12.3. The van der Waals surface area contributed by atoms with Gasteiger partial charge in [-0.25, -0.2) is 0 Å². The summed E-state index contributed by atoms with van der Waals surface area (Å²) in [7, 11) is 1.91. The molecule has 1 atom stereocenters. The van der Waals surface area contributed by atoms with Gasteiger partial charge in [0.2, 0.25) is 0 Å². The van der Waals surface area contributed by atoms with Gasteiger partial charge in [-0.1, -0.05) is 48.0 Å². The van der Waals surface area contributed by atoms with Crippen molar-refractivity contribution in [1.29, 1.82) is 0 Å². The molecule has 1 N–H and O–H groups in total. The summed E-state index contributed by atoms with van der Waals surface area (Å²) in [6, 6.07) is 11.3. The number of carbonyl (C=O) groups excluding carboxylic acids is 1. The number of benzene rings is 2. The Kier molecular flexibility index (Phi) is 9.29. The van der Waals surface area contributed by atoms with Crippen LogP contribution in [0.1, 0.15) is 44.1 Å². The Balaban J connectivity index is 0.000000380. The second-order valence-electron chi connectivity index (χ2n) is 7.34. The fourth-order valence-electron chi connectivity index (χ4n) is 3.09. The number of rotatable bonds is 6. The quantitative estimate of drug-likeness (QED) is 0.395. The van der Waals surface area contributed by atoms with Crippen molar-refractivity contribution in [2.45, 2.75) is 32.5 Å². The molecule has 0 spiro atoms. The van der Waals surface area contributed by atoms with Gasteiger partial charge in [0.15, 0.2) is 0 Å². The van der Waals surface area contributed by atoms with Crippen LogP contribution in [0.3, 0.4) is 0 Å². The number of halogens is 4. The van der Waals surface area contributed by atoms with Gasteiger partial charge in [0.05, 0.1) is 18.4 Å². The monoisotopic (exact) mass is 463 g/mol. The smallest absolute Gasteiger partial charge is 0.399 e. The number of furan rings is 1. The molecule has 0 radical (unpaired) electrons. The zero-order valence-corrected chi connectivity index (χ0v) is 18.8. The van der Waals surface area contributed by atoms with Crippen LogP contribution in [0.2, 0.25) is 5.02 Å². The molecule has 7 heteroatoms. The number of aryl methyl sites for hydroxylation is 2. The molecule has 0 aliphatic heterocycles. The van der Waals surface area contributed by atoms with Crippen LogP contribution in [0.4, 0.5) is 13.2 Å². The lowest BCUT2D eigenvalue weighted by atomic mass is 9.95. The Labute approximate surface area is 190 Å². The first-order valence-corrected chi connectivity index (χ1v) is 10.3. The zero-order valence-electron chi connectivity index (χ0n) is 18.0. The van der Waals surface area contributed by atoms with E-state index in [9.17, 15) is 18.0 Å². The highest BCUT2D eigenvalue weighted by atomic mass is 35.5. The fraction of sp³-hybridized carbons (Fsp3) is 0.240. The van der Waals surface area contributed by atoms with Crippen LogP contribution in [-0.2, 0) is 6.54 Å². The number of nitrogens with one attached hydrogen (secondary N) is 1. The van der Waals surface area contributed by atoms with Gasteiger partial charge >= 0.3 is 6.18 Å². The lowest BCUT2D eigenvalue weighted by Crippen LogP contribution is -2.19. The van der Waals surface area contributed by atoms with Crippen LogP contribution in [-0.4, -0.2) is 19.5 Å². The molecular formula is C25H25ClF3NO2. The maximum atomic E-state index is 13.4. The molecule has 1 aromatic heterocycles. The highest BCUT2D eigenvalue weighted by molar-refractivity contribution is 6.30. The first kappa shape index (κ1) is 25.4. The number of hydrogen-bond acceptors (Lipinski definition) is 3. The van der Waals surface area contributed by atoms with E-state index in [1.807, 2.05) is 13.1 Å². The molecular weight excluding hydrogens is 439 g/mol. The summed E-state index contributed by atoms with van der Waals surface area (Å²) in [6.07, 6.45) is 2.22. The molecule has 0 bridgehead atoms. The van der Waals surface area contributed by atoms with E-state index in [0.717, 1.165) is 18.9 Å². The SMILES string of the molecule is CNCc1ccoc1.Cc1cc(Cl)cc(C(/C=C/c2ccc(C=O)c(C)c2)C(F)(F)F)c1. The molecule has 0 saturated heterocycles. The average molecular weight is 464 g/mol. The topological polar surface area (TPSA) is 42.2 Å². The molecule has 3 rings (SSSR count). The van der Waals surface area contributed by atoms with E-state index in [4.69, 9.17) is 16.0 Å². The van der Waals surface area contributed by atoms with E-state index >= 15 is 0 Å². The average Bonchev–Trinajstić information content (AvgIpc) is 3.21. The summed E-state index contributed by atoms with van der Waals surface area (Å²) in [5.74, 6) is -1.75. The summed E-state index contributed by atoms with van der Waals surface area (Å²) >= 11 is 5.89. The van der Waals surface area contributed by atoms with Crippen molar-refractivity contribution in [3.05, 3.63) is 99.5 Å². The van der Waals surface area contributed by atoms with Gasteiger partial charge in [0.1, 0.15) is 6.29 Å². The zero-order chi connectivity index (χ0) is 23.7. The molecule has 0 amide bonds. The number of aldehydes is 1. The standard InChI is InChI=1S/C19H16ClF3O.C6H9NO/c1-12-7-16(10-17(20)8-12)18(19(21,22)23)6-4-14-3-5-15(11-24)13(2)9-14;1-7-4-6-2-3-8-5-6/h3-11,18H,1-2H3;2-3,5,7H,4H2,1H3/b6-4+;. The number of allylic oxidation sites excluding steroid dienone is 1. The predicted octanol–water partition coefficient (Wildman–Crippen LogP) is 7.13. The van der Waals surface area contributed by atoms with Crippen LogP contribution in [0.15, 0.2) is 65.5 Å². The lowest BCUT2D eigenvalue weighted by Gasteiger charge is -2.18. The van der Waals surface area contributed by atoms with Crippen molar-refractivity contribution >= 4 is 24.0 Å². The number of carbonyl (C=O) groups is 1. The third-order valence-electron chi connectivity index (χ3n) is 4.64. The Morgan fingerprint density at radius 2 is 1.88 bits per heavy atom. The first-order valence-electron chi connectivity index (χ1n) is 9.87. The van der Waals surface area contributed by atoms with Gasteiger partial charge in [0, 0.05) is 22.7 Å². The van der Waals surface area contributed by atoms with E-state index in [0.29, 0.717) is 22.3 Å². The van der Waals surface area contributed by atoms with Gasteiger partial charge in [-0.05, 0) is 61.3 Å². The van der Waals surface area contributed by atoms with E-state index in [1.54, 1.807) is 50.6 Å². The Morgan fingerprint density at radius 1 is 1.12 bits per heavy atom. The lowest BCUT2D eigenvalue weighted by molar-refractivity contribution is -0.139. The van der Waals surface area contributed by atoms with E-state index in [2.05, 4.69) is 5.32 Å². The third-order valence-corrected chi connectivity index (χ3v) is 4.86. The summed E-state index contributed by atoms with van der Waals surface area (Å²) in [5.41, 5.74) is 3.80. The minimum Gasteiger partial charge on any atom is -0.472 e. The van der Waals surface area contributed by atoms with Gasteiger partial charge < -0.3 is 9.73 Å². The maximum Gasteiger partial charge on any atom is 0.399 e. The Morgan fingerprint density at radius 3 is 2.41 bits per heavy atom. The van der Waals surface area contributed by atoms with Crippen LogP contribution < -0.4 is 5.32 Å². The van der Waals surface area contributed by atoms with E-state index in [-0.39, 0.29) is 10.6 Å². The molecule has 1 unspecified atom stereocenters. The predicted molar refractivity (Wildman–Crippen MR) is 122 cm³/mol. The first-order chi connectivity index (χ1) is 15.1. The summed E-state index contributed by atoms with van der Waals surface area (Å²) < 4.78 is 45.1. The van der Waals surface area contributed by atoms with Crippen molar-refractivity contribution in [3.8, 4) is 0 Å². The van der Waals surface area contributed by atoms with Crippen molar-refractivity contribution in [3.63, 3.8) is 0 Å². The van der Waals surface area contributed by atoms with Crippen molar-refractivity contribution in [2.75, 3.05) is 7.05 Å². The molecule has 3 aromatic rings. The van der Waals surface area contributed by atoms with Gasteiger partial charge in [-0.2, -0.15) is 13.2 Å². The minimum absolute atomic E-state index is 0.102. The van der Waals surface area contributed by atoms with Gasteiger partial charge in [-0.3, -0.25) is 4.79 Å². The minimum atomic E-state index is -4.43. The number of hydrogen-bond donors (Lipinski definition) is 1. The molecule has 32 heavy (non-hydrogen) atoms. The van der Waals surface area contributed by atoms with Crippen LogP contribution in [0.5, 0.6) is 0 Å². The van der Waals surface area contributed by atoms with Gasteiger partial charge in [-0.15, -0.1) is 0 Å². The molecule has 0 fully saturated rings. The van der Waals surface area contributed by atoms with E-state index in [1.165, 1.54) is 23.8 Å². The molecule has 170 valence electrons. The maximum absolute atomic E-state index is 13.4. The summed E-state index contributed by atoms with van der Waals surface area (Å²) in [4.78, 5) is 10.8. The molecule has 0 saturated carbocycles. The van der Waals surface area contributed by atoms with Crippen molar-refractivity contribution < 1.29 is 22.4 Å². The summed E-state index contributed by atoms with van der Waals surface area (Å²) in [6.45, 7) is 4.33. The largest absolute Gasteiger partial charge is 0.472 e. The number of alkyl halides is 3. The Hall–Kier alpha value is -2.83. The molecule has 0 aliphatic rings. The van der Waals surface area contributed by atoms with E-state index < -0.39 is 12.1 Å². The molecule has 2 aromatic carbocycles. The van der Waals surface area contributed by atoms with Crippen LogP contribution in [0.25, 0.3) is 6.08 Å². The Bertz CT molecular complexity index is 1020. The highest BCUT2D eigenvalue weighted by Gasteiger charge is 2.39. The van der Waals surface area contributed by atoms with Crippen LogP contribution >= 0.6 is 11.6 Å². The fourth-order valence-corrected chi connectivity index (χ4v) is 3.39. The molecule has 3 nitrogen and oxygen atoms in total. The van der Waals surface area contributed by atoms with Crippen molar-refractivity contribution in [2.24, 2.45) is 0 Å². The molecule has 0 aliphatic carbocycles. The molecule has 1 heterocycles.